The van der Waals surface area contributed by atoms with Crippen LogP contribution in [0.4, 0.5) is 11.4 Å². The summed E-state index contributed by atoms with van der Waals surface area (Å²) in [6.07, 6.45) is 0.760. The number of nitrogens with zero attached hydrogens (tertiary/aromatic N) is 3. The molecule has 1 unspecified atom stereocenters. The molecule has 1 aliphatic rings. The number of hydrogen-bond donors (Lipinski definition) is 1. The third-order valence-corrected chi connectivity index (χ3v) is 5.71. The quantitative estimate of drug-likeness (QED) is 0.524. The van der Waals surface area contributed by atoms with Crippen molar-refractivity contribution >= 4 is 23.2 Å². The van der Waals surface area contributed by atoms with Crippen LogP contribution in [0.1, 0.15) is 49.2 Å². The second kappa shape index (κ2) is 10.3. The fraction of sp³-hybridized carbons (Fsp3) is 0.417. The van der Waals surface area contributed by atoms with E-state index in [1.165, 1.54) is 13.0 Å². The van der Waals surface area contributed by atoms with E-state index < -0.39 is 4.92 Å². The maximum Gasteiger partial charge on any atom is 0.293 e. The highest BCUT2D eigenvalue weighted by Gasteiger charge is 2.26. The van der Waals surface area contributed by atoms with E-state index in [9.17, 15) is 19.7 Å². The molecular weight excluding hydrogens is 408 g/mol. The highest BCUT2D eigenvalue weighted by Crippen LogP contribution is 2.31. The molecule has 0 spiro atoms. The van der Waals surface area contributed by atoms with E-state index in [-0.39, 0.29) is 29.1 Å². The van der Waals surface area contributed by atoms with E-state index in [0.29, 0.717) is 37.8 Å². The average Bonchev–Trinajstić information content (AvgIpc) is 2.78. The first-order valence-electron chi connectivity index (χ1n) is 10.9. The third-order valence-electron chi connectivity index (χ3n) is 5.71. The summed E-state index contributed by atoms with van der Waals surface area (Å²) in [5.74, 6) is 0.0296. The zero-order chi connectivity index (χ0) is 23.3. The van der Waals surface area contributed by atoms with E-state index in [1.54, 1.807) is 17.0 Å². The van der Waals surface area contributed by atoms with E-state index >= 15 is 0 Å². The number of rotatable bonds is 7. The van der Waals surface area contributed by atoms with Gasteiger partial charge in [-0.25, -0.2) is 0 Å². The van der Waals surface area contributed by atoms with E-state index in [2.05, 4.69) is 19.2 Å². The standard InChI is InChI=1S/C24H30N4O4/c1-17(2)15-21(19-7-5-4-6-8-19)25-24(30)20-9-10-22(23(16-20)28(31)32)27-13-11-26(12-14-27)18(3)29/h4-10,16-17,21H,11-15H2,1-3H3,(H,25,30). The minimum atomic E-state index is -0.452. The van der Waals surface area contributed by atoms with E-state index in [0.717, 1.165) is 12.0 Å². The first-order chi connectivity index (χ1) is 15.3. The van der Waals surface area contributed by atoms with Crippen molar-refractivity contribution in [1.29, 1.82) is 0 Å². The Kier molecular flexibility index (Phi) is 7.45. The number of anilines is 1. The molecule has 170 valence electrons. The number of nitro groups is 1. The topological polar surface area (TPSA) is 95.8 Å². The van der Waals surface area contributed by atoms with Crippen LogP contribution in [0.3, 0.4) is 0 Å². The van der Waals surface area contributed by atoms with Crippen LogP contribution in [-0.4, -0.2) is 47.8 Å². The van der Waals surface area contributed by atoms with Crippen molar-refractivity contribution in [1.82, 2.24) is 10.2 Å². The second-order valence-corrected chi connectivity index (χ2v) is 8.52. The number of hydrogen-bond acceptors (Lipinski definition) is 5. The van der Waals surface area contributed by atoms with Crippen LogP contribution < -0.4 is 10.2 Å². The van der Waals surface area contributed by atoms with Gasteiger partial charge >= 0.3 is 0 Å². The molecule has 0 aromatic heterocycles. The Balaban J connectivity index is 1.80. The lowest BCUT2D eigenvalue weighted by molar-refractivity contribution is -0.384. The first-order valence-corrected chi connectivity index (χ1v) is 10.9. The predicted molar refractivity (Wildman–Crippen MR) is 124 cm³/mol. The molecule has 0 saturated carbocycles. The maximum absolute atomic E-state index is 13.0. The number of nitrogens with one attached hydrogen (secondary N) is 1. The van der Waals surface area contributed by atoms with Crippen molar-refractivity contribution in [3.63, 3.8) is 0 Å². The molecule has 2 amide bonds. The van der Waals surface area contributed by atoms with Crippen molar-refractivity contribution in [2.24, 2.45) is 5.92 Å². The number of nitro benzene ring substituents is 1. The molecule has 0 aliphatic carbocycles. The van der Waals surface area contributed by atoms with Crippen LogP contribution in [-0.2, 0) is 4.79 Å². The van der Waals surface area contributed by atoms with Crippen LogP contribution in [0.25, 0.3) is 0 Å². The Hall–Kier alpha value is -3.42. The van der Waals surface area contributed by atoms with Crippen LogP contribution in [0, 0.1) is 16.0 Å². The van der Waals surface area contributed by atoms with Crippen molar-refractivity contribution < 1.29 is 14.5 Å². The number of piperazine rings is 1. The number of benzene rings is 2. The Bertz CT molecular complexity index is 969. The van der Waals surface area contributed by atoms with Gasteiger partial charge in [-0.1, -0.05) is 44.2 Å². The maximum atomic E-state index is 13.0. The van der Waals surface area contributed by atoms with Crippen molar-refractivity contribution in [2.75, 3.05) is 31.1 Å². The Morgan fingerprint density at radius 3 is 2.28 bits per heavy atom. The second-order valence-electron chi connectivity index (χ2n) is 8.52. The van der Waals surface area contributed by atoms with Gasteiger partial charge < -0.3 is 15.1 Å². The highest BCUT2D eigenvalue weighted by molar-refractivity contribution is 5.96. The SMILES string of the molecule is CC(=O)N1CCN(c2ccc(C(=O)NC(CC(C)C)c3ccccc3)cc2[N+](=O)[O-])CC1. The van der Waals surface area contributed by atoms with E-state index in [4.69, 9.17) is 0 Å². The molecule has 8 nitrogen and oxygen atoms in total. The molecule has 0 radical (unpaired) electrons. The lowest BCUT2D eigenvalue weighted by Gasteiger charge is -2.35. The smallest absolute Gasteiger partial charge is 0.293 e. The molecule has 2 aromatic rings. The largest absolute Gasteiger partial charge is 0.362 e. The van der Waals surface area contributed by atoms with Gasteiger partial charge in [0.2, 0.25) is 5.91 Å². The van der Waals surface area contributed by atoms with Gasteiger partial charge in [0.1, 0.15) is 5.69 Å². The molecule has 8 heteroatoms. The van der Waals surface area contributed by atoms with Gasteiger partial charge in [0.15, 0.2) is 0 Å². The van der Waals surface area contributed by atoms with Gasteiger partial charge in [0.05, 0.1) is 11.0 Å². The fourth-order valence-electron chi connectivity index (χ4n) is 4.02. The van der Waals surface area contributed by atoms with Crippen molar-refractivity contribution in [2.45, 2.75) is 33.2 Å². The molecule has 3 rings (SSSR count). The molecule has 0 bridgehead atoms. The normalized spacial score (nSPS) is 14.9. The first kappa shape index (κ1) is 23.2. The number of amides is 2. The number of carbonyl (C=O) groups is 2. The Morgan fingerprint density at radius 2 is 1.72 bits per heavy atom. The molecule has 32 heavy (non-hydrogen) atoms. The van der Waals surface area contributed by atoms with Gasteiger partial charge in [-0.15, -0.1) is 0 Å². The van der Waals surface area contributed by atoms with Crippen LogP contribution in [0.5, 0.6) is 0 Å². The summed E-state index contributed by atoms with van der Waals surface area (Å²) in [7, 11) is 0. The van der Waals surface area contributed by atoms with E-state index in [1.807, 2.05) is 35.2 Å². The Morgan fingerprint density at radius 1 is 1.06 bits per heavy atom. The predicted octanol–water partition coefficient (Wildman–Crippen LogP) is 3.78. The summed E-state index contributed by atoms with van der Waals surface area (Å²) in [4.78, 5) is 39.5. The lowest BCUT2D eigenvalue weighted by atomic mass is 9.96. The molecular formula is C24H30N4O4. The van der Waals surface area contributed by atoms with Gasteiger partial charge in [0, 0.05) is 44.7 Å². The fourth-order valence-corrected chi connectivity index (χ4v) is 4.02. The van der Waals surface area contributed by atoms with Crippen LogP contribution in [0.15, 0.2) is 48.5 Å². The minimum absolute atomic E-state index is 0.000497. The molecule has 1 fully saturated rings. The summed E-state index contributed by atoms with van der Waals surface area (Å²) in [6.45, 7) is 7.76. The molecule has 1 aliphatic heterocycles. The van der Waals surface area contributed by atoms with Crippen molar-refractivity contribution in [3.05, 3.63) is 69.8 Å². The summed E-state index contributed by atoms with van der Waals surface area (Å²) in [5.41, 5.74) is 1.63. The summed E-state index contributed by atoms with van der Waals surface area (Å²) in [6, 6.07) is 14.2. The third kappa shape index (κ3) is 5.63. The molecule has 2 aromatic carbocycles. The molecule has 1 saturated heterocycles. The zero-order valence-electron chi connectivity index (χ0n) is 18.8. The molecule has 1 atom stereocenters. The van der Waals surface area contributed by atoms with Gasteiger partial charge in [-0.05, 0) is 30.0 Å². The molecule has 1 heterocycles. The van der Waals surface area contributed by atoms with Crippen LogP contribution in [0.2, 0.25) is 0 Å². The van der Waals surface area contributed by atoms with Gasteiger partial charge in [0.25, 0.3) is 11.6 Å². The van der Waals surface area contributed by atoms with Crippen LogP contribution >= 0.6 is 0 Å². The minimum Gasteiger partial charge on any atom is -0.362 e. The van der Waals surface area contributed by atoms with Crippen molar-refractivity contribution in [3.8, 4) is 0 Å². The zero-order valence-corrected chi connectivity index (χ0v) is 18.8. The summed E-state index contributed by atoms with van der Waals surface area (Å²) in [5, 5.41) is 14.8. The highest BCUT2D eigenvalue weighted by atomic mass is 16.6. The number of carbonyl (C=O) groups excluding carboxylic acids is 2. The summed E-state index contributed by atoms with van der Waals surface area (Å²) < 4.78 is 0. The lowest BCUT2D eigenvalue weighted by Crippen LogP contribution is -2.48. The monoisotopic (exact) mass is 438 g/mol. The summed E-state index contributed by atoms with van der Waals surface area (Å²) >= 11 is 0. The van der Waals surface area contributed by atoms with Gasteiger partial charge in [-0.3, -0.25) is 19.7 Å². The average molecular weight is 439 g/mol. The molecule has 1 N–H and O–H groups in total. The Labute approximate surface area is 188 Å². The van der Waals surface area contributed by atoms with Gasteiger partial charge in [-0.2, -0.15) is 0 Å².